The summed E-state index contributed by atoms with van der Waals surface area (Å²) in [4.78, 5) is 10.6. The van der Waals surface area contributed by atoms with Crippen molar-refractivity contribution in [2.45, 2.75) is 77.3 Å². The van der Waals surface area contributed by atoms with Gasteiger partial charge in [0.2, 0.25) is 0 Å². The highest BCUT2D eigenvalue weighted by molar-refractivity contribution is 5.81. The first kappa shape index (κ1) is 14.8. The Labute approximate surface area is 136 Å². The molecule has 0 radical (unpaired) electrons. The Morgan fingerprint density at radius 3 is 2.18 bits per heavy atom. The van der Waals surface area contributed by atoms with Gasteiger partial charge in [-0.15, -0.1) is 0 Å². The number of likely N-dealkylation sites (tertiary alicyclic amines) is 2. The Hall–Kier alpha value is -0.730. The van der Waals surface area contributed by atoms with Crippen molar-refractivity contribution < 1.29 is 0 Å². The summed E-state index contributed by atoms with van der Waals surface area (Å²) in [6.45, 7) is 10.6. The molecule has 2 heterocycles. The van der Waals surface area contributed by atoms with Crippen molar-refractivity contribution in [3.05, 3.63) is 0 Å². The first-order valence-corrected chi connectivity index (χ1v) is 9.63. The van der Waals surface area contributed by atoms with Gasteiger partial charge in [0.1, 0.15) is 0 Å². The number of nitrogens with zero attached hydrogens (tertiary/aromatic N) is 3. The number of hydrogen-bond acceptors (Lipinski definition) is 1. The molecular formula is C19H33N3. The second-order valence-electron chi connectivity index (χ2n) is 9.18. The topological polar surface area (TPSA) is 18.8 Å². The molecule has 0 amide bonds. The van der Waals surface area contributed by atoms with Gasteiger partial charge < -0.3 is 9.80 Å². The van der Waals surface area contributed by atoms with Crippen LogP contribution in [0.15, 0.2) is 4.99 Å². The zero-order chi connectivity index (χ0) is 15.3. The van der Waals surface area contributed by atoms with E-state index in [1.54, 1.807) is 0 Å². The maximum absolute atomic E-state index is 5.23. The zero-order valence-corrected chi connectivity index (χ0v) is 14.7. The Morgan fingerprint density at radius 2 is 1.50 bits per heavy atom. The summed E-state index contributed by atoms with van der Waals surface area (Å²) in [6.07, 6.45) is 10.0. The fraction of sp³-hybridized carbons (Fsp3) is 0.947. The largest absolute Gasteiger partial charge is 0.342 e. The van der Waals surface area contributed by atoms with Gasteiger partial charge in [0.15, 0.2) is 5.96 Å². The van der Waals surface area contributed by atoms with Crippen LogP contribution in [0, 0.1) is 17.8 Å². The van der Waals surface area contributed by atoms with Crippen molar-refractivity contribution in [1.29, 1.82) is 0 Å². The van der Waals surface area contributed by atoms with Gasteiger partial charge in [-0.3, -0.25) is 0 Å². The Morgan fingerprint density at radius 1 is 0.864 bits per heavy atom. The fourth-order valence-corrected chi connectivity index (χ4v) is 5.50. The molecule has 2 saturated carbocycles. The van der Waals surface area contributed by atoms with Crippen LogP contribution < -0.4 is 0 Å². The molecule has 2 saturated heterocycles. The molecule has 0 aromatic carbocycles. The zero-order valence-electron chi connectivity index (χ0n) is 14.7. The van der Waals surface area contributed by atoms with Crippen LogP contribution in [0.25, 0.3) is 0 Å². The Balaban J connectivity index is 1.58. The van der Waals surface area contributed by atoms with Gasteiger partial charge in [-0.25, -0.2) is 4.99 Å². The van der Waals surface area contributed by atoms with Crippen LogP contribution in [0.1, 0.15) is 65.7 Å². The average molecular weight is 303 g/mol. The number of guanidine groups is 1. The molecule has 0 N–H and O–H groups in total. The van der Waals surface area contributed by atoms with E-state index >= 15 is 0 Å². The number of fused-ring (bicyclic) bond motifs is 2. The summed E-state index contributed by atoms with van der Waals surface area (Å²) in [5.74, 6) is 4.21. The summed E-state index contributed by atoms with van der Waals surface area (Å²) < 4.78 is 0. The van der Waals surface area contributed by atoms with E-state index in [0.29, 0.717) is 0 Å². The summed E-state index contributed by atoms with van der Waals surface area (Å²) in [5, 5.41) is 0. The van der Waals surface area contributed by atoms with E-state index in [-0.39, 0.29) is 5.54 Å². The molecule has 4 unspecified atom stereocenters. The highest BCUT2D eigenvalue weighted by Crippen LogP contribution is 2.41. The van der Waals surface area contributed by atoms with Crippen LogP contribution in [0.4, 0.5) is 0 Å². The number of rotatable bonds is 0. The normalized spacial score (nSPS) is 38.8. The van der Waals surface area contributed by atoms with E-state index < -0.39 is 0 Å². The first-order valence-electron chi connectivity index (χ1n) is 9.63. The molecule has 3 nitrogen and oxygen atoms in total. The molecule has 2 aliphatic heterocycles. The minimum atomic E-state index is 0.0315. The SMILES string of the molecule is CC(C)(C)N=C(N1CC2CCCC2C1)N1CCC2CCCC21. The average Bonchev–Trinajstić information content (AvgIpc) is 3.14. The third kappa shape index (κ3) is 2.65. The van der Waals surface area contributed by atoms with E-state index in [1.165, 1.54) is 70.5 Å². The summed E-state index contributed by atoms with van der Waals surface area (Å²) in [7, 11) is 0. The molecule has 0 bridgehead atoms. The monoisotopic (exact) mass is 303 g/mol. The van der Waals surface area contributed by atoms with Crippen LogP contribution in [0.3, 0.4) is 0 Å². The van der Waals surface area contributed by atoms with Crippen molar-refractivity contribution in [2.75, 3.05) is 19.6 Å². The van der Waals surface area contributed by atoms with Crippen LogP contribution in [0.5, 0.6) is 0 Å². The molecule has 4 atom stereocenters. The van der Waals surface area contributed by atoms with Gasteiger partial charge in [0, 0.05) is 25.7 Å². The van der Waals surface area contributed by atoms with Gasteiger partial charge in [0.05, 0.1) is 5.54 Å². The molecule has 4 fully saturated rings. The van der Waals surface area contributed by atoms with Crippen LogP contribution >= 0.6 is 0 Å². The summed E-state index contributed by atoms with van der Waals surface area (Å²) >= 11 is 0. The molecule has 0 aromatic heterocycles. The van der Waals surface area contributed by atoms with Gasteiger partial charge in [0.25, 0.3) is 0 Å². The third-order valence-electron chi connectivity index (χ3n) is 6.46. The lowest BCUT2D eigenvalue weighted by atomic mass is 10.0. The molecule has 4 rings (SSSR count). The van der Waals surface area contributed by atoms with Crippen molar-refractivity contribution in [3.8, 4) is 0 Å². The molecule has 2 aliphatic carbocycles. The number of hydrogen-bond donors (Lipinski definition) is 0. The first-order chi connectivity index (χ1) is 10.5. The van der Waals surface area contributed by atoms with Crippen molar-refractivity contribution in [1.82, 2.24) is 9.80 Å². The Bertz CT molecular complexity index is 438. The number of aliphatic imine (C=N–C) groups is 1. The quantitative estimate of drug-likeness (QED) is 0.501. The molecule has 22 heavy (non-hydrogen) atoms. The van der Waals surface area contributed by atoms with Gasteiger partial charge in [-0.05, 0) is 70.6 Å². The highest BCUT2D eigenvalue weighted by Gasteiger charge is 2.44. The van der Waals surface area contributed by atoms with Crippen LogP contribution in [-0.4, -0.2) is 47.0 Å². The summed E-state index contributed by atoms with van der Waals surface area (Å²) in [6, 6.07) is 0.793. The van der Waals surface area contributed by atoms with Gasteiger partial charge in [-0.2, -0.15) is 0 Å². The van der Waals surface area contributed by atoms with Crippen LogP contribution in [0.2, 0.25) is 0 Å². The van der Waals surface area contributed by atoms with Gasteiger partial charge >= 0.3 is 0 Å². The smallest absolute Gasteiger partial charge is 0.197 e. The van der Waals surface area contributed by atoms with E-state index in [9.17, 15) is 0 Å². The predicted molar refractivity (Wildman–Crippen MR) is 92.0 cm³/mol. The molecule has 4 aliphatic rings. The highest BCUT2D eigenvalue weighted by atomic mass is 15.4. The van der Waals surface area contributed by atoms with E-state index in [0.717, 1.165) is 23.8 Å². The van der Waals surface area contributed by atoms with Crippen molar-refractivity contribution in [2.24, 2.45) is 22.7 Å². The van der Waals surface area contributed by atoms with Gasteiger partial charge in [-0.1, -0.05) is 12.8 Å². The maximum Gasteiger partial charge on any atom is 0.197 e. The predicted octanol–water partition coefficient (Wildman–Crippen LogP) is 3.75. The lowest BCUT2D eigenvalue weighted by molar-refractivity contribution is 0.298. The summed E-state index contributed by atoms with van der Waals surface area (Å²) in [5.41, 5.74) is 0.0315. The second-order valence-corrected chi connectivity index (χ2v) is 9.18. The molecular weight excluding hydrogens is 270 g/mol. The maximum atomic E-state index is 5.23. The third-order valence-corrected chi connectivity index (χ3v) is 6.46. The van der Waals surface area contributed by atoms with E-state index in [1.807, 2.05) is 0 Å². The Kier molecular flexibility index (Phi) is 3.65. The van der Waals surface area contributed by atoms with Crippen molar-refractivity contribution >= 4 is 5.96 Å². The molecule has 0 spiro atoms. The molecule has 3 heteroatoms. The fourth-order valence-electron chi connectivity index (χ4n) is 5.50. The molecule has 124 valence electrons. The minimum absolute atomic E-state index is 0.0315. The van der Waals surface area contributed by atoms with E-state index in [2.05, 4.69) is 30.6 Å². The molecule has 0 aromatic rings. The second kappa shape index (κ2) is 5.42. The minimum Gasteiger partial charge on any atom is -0.342 e. The van der Waals surface area contributed by atoms with Crippen LogP contribution in [-0.2, 0) is 0 Å². The standard InChI is InChI=1S/C19H33N3/c1-19(2,3)20-18(21-12-15-7-4-8-16(15)13-21)22-11-10-14-6-5-9-17(14)22/h14-17H,4-13H2,1-3H3. The van der Waals surface area contributed by atoms with Crippen molar-refractivity contribution in [3.63, 3.8) is 0 Å². The lowest BCUT2D eigenvalue weighted by Crippen LogP contribution is -2.47. The lowest BCUT2D eigenvalue weighted by Gasteiger charge is -2.35. The van der Waals surface area contributed by atoms with E-state index in [4.69, 9.17) is 4.99 Å².